The Morgan fingerprint density at radius 2 is 2.40 bits per heavy atom. The van der Waals surface area contributed by atoms with Crippen LogP contribution in [0.15, 0.2) is 18.5 Å². The van der Waals surface area contributed by atoms with Crippen LogP contribution in [-0.4, -0.2) is 19.1 Å². The van der Waals surface area contributed by atoms with Crippen LogP contribution in [0.25, 0.3) is 0 Å². The fourth-order valence-corrected chi connectivity index (χ4v) is 0.765. The van der Waals surface area contributed by atoms with Gasteiger partial charge in [0.05, 0.1) is 0 Å². The fraction of sp³-hybridized carbons (Fsp3) is 0.143. The van der Waals surface area contributed by atoms with Gasteiger partial charge in [0.2, 0.25) is 0 Å². The third kappa shape index (κ3) is 1.44. The highest BCUT2D eigenvalue weighted by atomic mass is 16.1. The van der Waals surface area contributed by atoms with Crippen LogP contribution < -0.4 is 0 Å². The van der Waals surface area contributed by atoms with Gasteiger partial charge in [-0.15, -0.1) is 0 Å². The Morgan fingerprint density at radius 1 is 1.60 bits per heavy atom. The van der Waals surface area contributed by atoms with Crippen LogP contribution in [0.5, 0.6) is 0 Å². The third-order valence-corrected chi connectivity index (χ3v) is 1.36. The first kappa shape index (κ1) is 7.00. The Morgan fingerprint density at radius 3 is 3.00 bits per heavy atom. The van der Waals surface area contributed by atoms with Gasteiger partial charge < -0.3 is 0 Å². The molecule has 0 spiro atoms. The van der Waals surface area contributed by atoms with E-state index < -0.39 is 0 Å². The van der Waals surface area contributed by atoms with E-state index in [0.717, 1.165) is 18.2 Å². The van der Waals surface area contributed by atoms with Crippen molar-refractivity contribution in [2.45, 2.75) is 6.32 Å². The fourth-order valence-electron chi connectivity index (χ4n) is 0.765. The summed E-state index contributed by atoms with van der Waals surface area (Å²) in [5.41, 5.74) is 1.75. The number of pyridine rings is 1. The average molecular weight is 133 g/mol. The first-order valence-electron chi connectivity index (χ1n) is 3.26. The van der Waals surface area contributed by atoms with Gasteiger partial charge >= 0.3 is 0 Å². The number of nitrogens with zero attached hydrogens (tertiary/aromatic N) is 1. The van der Waals surface area contributed by atoms with Crippen molar-refractivity contribution in [3.63, 3.8) is 0 Å². The molecule has 0 fully saturated rings. The molecule has 1 heterocycles. The highest BCUT2D eigenvalue weighted by Crippen LogP contribution is 1.98. The number of carbonyl (C=O) groups excluding carboxylic acids is 1. The summed E-state index contributed by atoms with van der Waals surface area (Å²) in [6, 6.07) is 1.85. The molecule has 1 aromatic heterocycles. The Kier molecular flexibility index (Phi) is 2.21. The molecule has 0 aromatic carbocycles. The summed E-state index contributed by atoms with van der Waals surface area (Å²) >= 11 is 0. The van der Waals surface area contributed by atoms with Crippen LogP contribution >= 0.6 is 0 Å². The van der Waals surface area contributed by atoms with Crippen molar-refractivity contribution < 1.29 is 4.79 Å². The molecule has 2 nitrogen and oxygen atoms in total. The molecule has 0 saturated carbocycles. The van der Waals surface area contributed by atoms with E-state index in [1.807, 2.05) is 13.9 Å². The summed E-state index contributed by atoms with van der Waals surface area (Å²) in [5, 5.41) is 0. The van der Waals surface area contributed by atoms with Gasteiger partial charge in [0.1, 0.15) is 7.85 Å². The maximum atomic E-state index is 10.2. The van der Waals surface area contributed by atoms with E-state index in [2.05, 4.69) is 4.98 Å². The van der Waals surface area contributed by atoms with Gasteiger partial charge in [-0.05, 0) is 11.6 Å². The van der Waals surface area contributed by atoms with Crippen molar-refractivity contribution in [3.05, 3.63) is 29.6 Å². The molecule has 3 heteroatoms. The van der Waals surface area contributed by atoms with Crippen LogP contribution in [0.4, 0.5) is 0 Å². The summed E-state index contributed by atoms with van der Waals surface area (Å²) in [6.07, 6.45) is 5.07. The second-order valence-electron chi connectivity index (χ2n) is 2.10. The summed E-state index contributed by atoms with van der Waals surface area (Å²) in [5.74, 6) is 0. The van der Waals surface area contributed by atoms with Crippen molar-refractivity contribution in [2.24, 2.45) is 0 Å². The Hall–Kier alpha value is -1.12. The first-order chi connectivity index (χ1) is 4.86. The minimum Gasteiger partial charge on any atom is -0.298 e. The molecule has 0 amide bonds. The topological polar surface area (TPSA) is 30.0 Å². The Bertz CT molecular complexity index is 237. The molecule has 0 aliphatic carbocycles. The van der Waals surface area contributed by atoms with Crippen molar-refractivity contribution in [2.75, 3.05) is 0 Å². The molecule has 10 heavy (non-hydrogen) atoms. The number of aldehydes is 1. The maximum Gasteiger partial charge on any atom is 0.151 e. The molecule has 1 rings (SSSR count). The lowest BCUT2D eigenvalue weighted by molar-refractivity contribution is 0.112. The van der Waals surface area contributed by atoms with E-state index in [1.54, 1.807) is 12.4 Å². The van der Waals surface area contributed by atoms with Gasteiger partial charge in [-0.3, -0.25) is 9.78 Å². The third-order valence-electron chi connectivity index (χ3n) is 1.36. The SMILES string of the molecule is BCc1cncc(C=O)c1. The minimum absolute atomic E-state index is 0.652. The Labute approximate surface area is 60.7 Å². The van der Waals surface area contributed by atoms with E-state index in [1.165, 1.54) is 0 Å². The highest BCUT2D eigenvalue weighted by molar-refractivity contribution is 6.08. The summed E-state index contributed by atoms with van der Waals surface area (Å²) in [7, 11) is 2.03. The second kappa shape index (κ2) is 3.15. The van der Waals surface area contributed by atoms with Crippen molar-refractivity contribution in [1.82, 2.24) is 4.98 Å². The minimum atomic E-state index is 0.652. The molecule has 50 valence electrons. The zero-order valence-corrected chi connectivity index (χ0v) is 5.87. The van der Waals surface area contributed by atoms with Crippen molar-refractivity contribution in [3.8, 4) is 0 Å². The lowest BCUT2D eigenvalue weighted by atomic mass is 9.98. The normalized spacial score (nSPS) is 9.20. The molecular weight excluding hydrogens is 125 g/mol. The summed E-state index contributed by atoms with van der Waals surface area (Å²) in [4.78, 5) is 14.1. The summed E-state index contributed by atoms with van der Waals surface area (Å²) in [6.45, 7) is 0. The highest BCUT2D eigenvalue weighted by Gasteiger charge is 1.91. The quantitative estimate of drug-likeness (QED) is 0.420. The van der Waals surface area contributed by atoms with Crippen molar-refractivity contribution >= 4 is 14.1 Å². The molecule has 0 unspecified atom stereocenters. The number of rotatable bonds is 2. The number of hydrogen-bond acceptors (Lipinski definition) is 2. The second-order valence-corrected chi connectivity index (χ2v) is 2.10. The number of hydrogen-bond donors (Lipinski definition) is 0. The zero-order chi connectivity index (χ0) is 7.40. The van der Waals surface area contributed by atoms with E-state index in [4.69, 9.17) is 0 Å². The molecule has 0 bridgehead atoms. The van der Waals surface area contributed by atoms with Crippen LogP contribution in [0.1, 0.15) is 15.9 Å². The first-order valence-corrected chi connectivity index (χ1v) is 3.26. The smallest absolute Gasteiger partial charge is 0.151 e. The zero-order valence-electron chi connectivity index (χ0n) is 5.87. The van der Waals surface area contributed by atoms with Crippen LogP contribution in [-0.2, 0) is 6.32 Å². The van der Waals surface area contributed by atoms with Gasteiger partial charge in [-0.2, -0.15) is 0 Å². The molecule has 0 saturated heterocycles. The van der Waals surface area contributed by atoms with E-state index in [9.17, 15) is 4.79 Å². The largest absolute Gasteiger partial charge is 0.298 e. The molecule has 0 radical (unpaired) electrons. The van der Waals surface area contributed by atoms with E-state index >= 15 is 0 Å². The van der Waals surface area contributed by atoms with Crippen LogP contribution in [0.2, 0.25) is 0 Å². The molecule has 0 atom stereocenters. The maximum absolute atomic E-state index is 10.2. The molecule has 0 N–H and O–H groups in total. The monoisotopic (exact) mass is 133 g/mol. The molecular formula is C7H8BNO. The average Bonchev–Trinajstić information content (AvgIpc) is 2.05. The number of carbonyl (C=O) groups is 1. The van der Waals surface area contributed by atoms with Gasteiger partial charge in [-0.25, -0.2) is 0 Å². The van der Waals surface area contributed by atoms with E-state index in [0.29, 0.717) is 5.56 Å². The predicted molar refractivity (Wildman–Crippen MR) is 41.9 cm³/mol. The lowest BCUT2D eigenvalue weighted by Gasteiger charge is -1.93. The van der Waals surface area contributed by atoms with Gasteiger partial charge in [0, 0.05) is 18.0 Å². The van der Waals surface area contributed by atoms with Crippen molar-refractivity contribution in [1.29, 1.82) is 0 Å². The Balaban J connectivity index is 2.98. The van der Waals surface area contributed by atoms with E-state index in [-0.39, 0.29) is 0 Å². The van der Waals surface area contributed by atoms with Gasteiger partial charge in [0.25, 0.3) is 0 Å². The lowest BCUT2D eigenvalue weighted by Crippen LogP contribution is -1.88. The summed E-state index contributed by atoms with van der Waals surface area (Å²) < 4.78 is 0. The van der Waals surface area contributed by atoms with Crippen LogP contribution in [0, 0.1) is 0 Å². The van der Waals surface area contributed by atoms with Crippen LogP contribution in [0.3, 0.4) is 0 Å². The van der Waals surface area contributed by atoms with Gasteiger partial charge in [-0.1, -0.05) is 6.32 Å². The standard InChI is InChI=1S/C7H8BNO/c8-2-6-1-7(5-10)4-9-3-6/h1,3-5H,2,8H2. The number of aromatic nitrogens is 1. The molecule has 0 aliphatic rings. The molecule has 0 aliphatic heterocycles. The van der Waals surface area contributed by atoms with Gasteiger partial charge in [0.15, 0.2) is 6.29 Å². The molecule has 1 aromatic rings. The predicted octanol–water partition coefficient (Wildman–Crippen LogP) is 0.0272.